The van der Waals surface area contributed by atoms with Crippen molar-refractivity contribution in [3.63, 3.8) is 0 Å². The van der Waals surface area contributed by atoms with E-state index < -0.39 is 0 Å². The zero-order valence-corrected chi connectivity index (χ0v) is 15.4. The SMILES string of the molecule is CCCOc1c(OC)cc(CCCCN2CCNCC2)cc1OC. The van der Waals surface area contributed by atoms with Gasteiger partial charge in [0.1, 0.15) is 0 Å². The second-order valence-corrected chi connectivity index (χ2v) is 6.23. The van der Waals surface area contributed by atoms with Crippen LogP contribution in [0.2, 0.25) is 0 Å². The normalized spacial score (nSPS) is 15.3. The lowest BCUT2D eigenvalue weighted by atomic mass is 10.1. The lowest BCUT2D eigenvalue weighted by molar-refractivity contribution is 0.237. The van der Waals surface area contributed by atoms with E-state index in [9.17, 15) is 0 Å². The first-order valence-electron chi connectivity index (χ1n) is 9.09. The van der Waals surface area contributed by atoms with Crippen LogP contribution in [0.4, 0.5) is 0 Å². The van der Waals surface area contributed by atoms with E-state index in [2.05, 4.69) is 29.3 Å². The molecular formula is C19H32N2O3. The highest BCUT2D eigenvalue weighted by atomic mass is 16.5. The second kappa shape index (κ2) is 10.4. The summed E-state index contributed by atoms with van der Waals surface area (Å²) in [6.07, 6.45) is 4.39. The van der Waals surface area contributed by atoms with E-state index in [0.717, 1.165) is 37.4 Å². The molecule has 1 aromatic rings. The standard InChI is InChI=1S/C19H32N2O3/c1-4-13-24-19-17(22-2)14-16(15-18(19)23-3)7-5-6-10-21-11-8-20-9-12-21/h14-15,20H,4-13H2,1-3H3. The number of aryl methyl sites for hydroxylation is 1. The monoisotopic (exact) mass is 336 g/mol. The predicted molar refractivity (Wildman–Crippen MR) is 97.6 cm³/mol. The number of piperazine rings is 1. The third kappa shape index (κ3) is 5.56. The summed E-state index contributed by atoms with van der Waals surface area (Å²) >= 11 is 0. The molecular weight excluding hydrogens is 304 g/mol. The van der Waals surface area contributed by atoms with Crippen molar-refractivity contribution in [2.75, 3.05) is 53.6 Å². The Hall–Kier alpha value is -1.46. The predicted octanol–water partition coefficient (Wildman–Crippen LogP) is 2.72. The summed E-state index contributed by atoms with van der Waals surface area (Å²) < 4.78 is 16.8. The number of rotatable bonds is 10. The average Bonchev–Trinajstić information content (AvgIpc) is 2.64. The maximum Gasteiger partial charge on any atom is 0.203 e. The van der Waals surface area contributed by atoms with Gasteiger partial charge in [0.2, 0.25) is 5.75 Å². The van der Waals surface area contributed by atoms with E-state index in [0.29, 0.717) is 12.4 Å². The van der Waals surface area contributed by atoms with Gasteiger partial charge in [0.05, 0.1) is 20.8 Å². The molecule has 0 aliphatic carbocycles. The molecule has 5 nitrogen and oxygen atoms in total. The Morgan fingerprint density at radius 2 is 1.71 bits per heavy atom. The zero-order valence-electron chi connectivity index (χ0n) is 15.4. The minimum Gasteiger partial charge on any atom is -0.493 e. The van der Waals surface area contributed by atoms with E-state index >= 15 is 0 Å². The highest BCUT2D eigenvalue weighted by Crippen LogP contribution is 2.39. The number of ether oxygens (including phenoxy) is 3. The molecule has 1 aliphatic rings. The molecule has 1 saturated heterocycles. The summed E-state index contributed by atoms with van der Waals surface area (Å²) in [7, 11) is 3.36. The Balaban J connectivity index is 1.89. The van der Waals surface area contributed by atoms with Crippen LogP contribution in [0.25, 0.3) is 0 Å². The topological polar surface area (TPSA) is 43.0 Å². The van der Waals surface area contributed by atoms with Gasteiger partial charge in [0.15, 0.2) is 11.5 Å². The Morgan fingerprint density at radius 3 is 2.29 bits per heavy atom. The van der Waals surface area contributed by atoms with Gasteiger partial charge in [-0.15, -0.1) is 0 Å². The average molecular weight is 336 g/mol. The number of benzene rings is 1. The van der Waals surface area contributed by atoms with Gasteiger partial charge in [-0.3, -0.25) is 0 Å². The molecule has 0 saturated carbocycles. The zero-order chi connectivity index (χ0) is 17.2. The molecule has 0 radical (unpaired) electrons. The highest BCUT2D eigenvalue weighted by molar-refractivity contribution is 5.53. The van der Waals surface area contributed by atoms with Crippen molar-refractivity contribution in [1.29, 1.82) is 0 Å². The lowest BCUT2D eigenvalue weighted by Crippen LogP contribution is -2.43. The van der Waals surface area contributed by atoms with Crippen LogP contribution in [-0.4, -0.2) is 58.5 Å². The molecule has 0 bridgehead atoms. The van der Waals surface area contributed by atoms with Gasteiger partial charge in [-0.05, 0) is 49.9 Å². The largest absolute Gasteiger partial charge is 0.493 e. The molecule has 24 heavy (non-hydrogen) atoms. The molecule has 0 spiro atoms. The summed E-state index contributed by atoms with van der Waals surface area (Å²) in [6, 6.07) is 4.16. The van der Waals surface area contributed by atoms with Crippen LogP contribution in [0.1, 0.15) is 31.7 Å². The number of nitrogens with one attached hydrogen (secondary N) is 1. The maximum absolute atomic E-state index is 5.80. The van der Waals surface area contributed by atoms with Crippen molar-refractivity contribution >= 4 is 0 Å². The van der Waals surface area contributed by atoms with Crippen molar-refractivity contribution in [2.45, 2.75) is 32.6 Å². The van der Waals surface area contributed by atoms with Crippen molar-refractivity contribution in [3.05, 3.63) is 17.7 Å². The Morgan fingerprint density at radius 1 is 1.04 bits per heavy atom. The molecule has 1 N–H and O–H groups in total. The van der Waals surface area contributed by atoms with Gasteiger partial charge in [0.25, 0.3) is 0 Å². The van der Waals surface area contributed by atoms with Crippen LogP contribution in [-0.2, 0) is 6.42 Å². The molecule has 5 heteroatoms. The molecule has 0 aromatic heterocycles. The first kappa shape index (κ1) is 18.9. The van der Waals surface area contributed by atoms with Crippen molar-refractivity contribution in [1.82, 2.24) is 10.2 Å². The molecule has 0 unspecified atom stereocenters. The summed E-state index contributed by atoms with van der Waals surface area (Å²) in [5, 5.41) is 3.39. The molecule has 0 atom stereocenters. The first-order chi connectivity index (χ1) is 11.8. The number of hydrogen-bond donors (Lipinski definition) is 1. The van der Waals surface area contributed by atoms with E-state index in [4.69, 9.17) is 14.2 Å². The summed E-state index contributed by atoms with van der Waals surface area (Å²) in [5.74, 6) is 2.24. The van der Waals surface area contributed by atoms with Crippen molar-refractivity contribution < 1.29 is 14.2 Å². The van der Waals surface area contributed by atoms with Crippen LogP contribution in [0.3, 0.4) is 0 Å². The van der Waals surface area contributed by atoms with Crippen LogP contribution in [0.15, 0.2) is 12.1 Å². The van der Waals surface area contributed by atoms with Gasteiger partial charge >= 0.3 is 0 Å². The summed E-state index contributed by atoms with van der Waals surface area (Å²) in [4.78, 5) is 2.54. The minimum atomic E-state index is 0.663. The second-order valence-electron chi connectivity index (χ2n) is 6.23. The minimum absolute atomic E-state index is 0.663. The summed E-state index contributed by atoms with van der Waals surface area (Å²) in [6.45, 7) is 8.52. The number of nitrogens with zero attached hydrogens (tertiary/aromatic N) is 1. The Labute approximate surface area is 146 Å². The van der Waals surface area contributed by atoms with Crippen LogP contribution >= 0.6 is 0 Å². The van der Waals surface area contributed by atoms with Gasteiger partial charge in [-0.1, -0.05) is 6.92 Å². The quantitative estimate of drug-likeness (QED) is 0.666. The molecule has 1 heterocycles. The summed E-state index contributed by atoms with van der Waals surface area (Å²) in [5.41, 5.74) is 1.24. The fraction of sp³-hybridized carbons (Fsp3) is 0.684. The maximum atomic E-state index is 5.80. The van der Waals surface area contributed by atoms with Crippen molar-refractivity contribution in [3.8, 4) is 17.2 Å². The highest BCUT2D eigenvalue weighted by Gasteiger charge is 2.14. The van der Waals surface area contributed by atoms with E-state index in [1.54, 1.807) is 14.2 Å². The van der Waals surface area contributed by atoms with Gasteiger partial charge in [0, 0.05) is 26.2 Å². The number of hydrogen-bond acceptors (Lipinski definition) is 5. The van der Waals surface area contributed by atoms with Crippen molar-refractivity contribution in [2.24, 2.45) is 0 Å². The van der Waals surface area contributed by atoms with Gasteiger partial charge in [-0.2, -0.15) is 0 Å². The van der Waals surface area contributed by atoms with Crippen LogP contribution < -0.4 is 19.5 Å². The van der Waals surface area contributed by atoms with E-state index in [1.807, 2.05) is 0 Å². The van der Waals surface area contributed by atoms with E-state index in [1.165, 1.54) is 38.0 Å². The number of methoxy groups -OCH3 is 2. The fourth-order valence-corrected chi connectivity index (χ4v) is 3.02. The van der Waals surface area contributed by atoms with Gasteiger partial charge < -0.3 is 24.4 Å². The lowest BCUT2D eigenvalue weighted by Gasteiger charge is -2.27. The molecule has 136 valence electrons. The molecule has 1 aliphatic heterocycles. The van der Waals surface area contributed by atoms with Gasteiger partial charge in [-0.25, -0.2) is 0 Å². The Kier molecular flexibility index (Phi) is 8.19. The molecule has 0 amide bonds. The van der Waals surface area contributed by atoms with E-state index in [-0.39, 0.29) is 0 Å². The smallest absolute Gasteiger partial charge is 0.203 e. The number of unbranched alkanes of at least 4 members (excludes halogenated alkanes) is 1. The third-order valence-electron chi connectivity index (χ3n) is 4.37. The molecule has 1 fully saturated rings. The molecule has 2 rings (SSSR count). The Bertz CT molecular complexity index is 462. The third-order valence-corrected chi connectivity index (χ3v) is 4.37. The van der Waals surface area contributed by atoms with Crippen LogP contribution in [0, 0.1) is 0 Å². The fourth-order valence-electron chi connectivity index (χ4n) is 3.02. The first-order valence-corrected chi connectivity index (χ1v) is 9.09. The molecule has 1 aromatic carbocycles. The van der Waals surface area contributed by atoms with Crippen LogP contribution in [0.5, 0.6) is 17.2 Å².